The van der Waals surface area contributed by atoms with E-state index in [-0.39, 0.29) is 10.1 Å². The molecule has 0 aliphatic carbocycles. The summed E-state index contributed by atoms with van der Waals surface area (Å²) in [6.45, 7) is 1.19. The monoisotopic (exact) mass is 289 g/mol. The second-order valence-electron chi connectivity index (χ2n) is 3.62. The van der Waals surface area contributed by atoms with Crippen LogP contribution >= 0.6 is 11.3 Å². The number of carboxylic acids is 1. The van der Waals surface area contributed by atoms with Crippen molar-refractivity contribution in [2.24, 2.45) is 0 Å². The van der Waals surface area contributed by atoms with Crippen LogP contribution in [0.15, 0.2) is 6.20 Å². The number of carboxylic acid groups (broad SMARTS) is 1. The van der Waals surface area contributed by atoms with Crippen molar-refractivity contribution in [3.8, 4) is 0 Å². The highest BCUT2D eigenvalue weighted by atomic mass is 32.1. The number of halogens is 2. The van der Waals surface area contributed by atoms with Gasteiger partial charge in [0.2, 0.25) is 10.1 Å². The molecule has 2 heterocycles. The molecule has 2 N–H and O–H groups in total. The Kier molecular flexibility index (Phi) is 3.69. The van der Waals surface area contributed by atoms with Crippen molar-refractivity contribution in [2.45, 2.75) is 19.9 Å². The third-order valence-electron chi connectivity index (χ3n) is 2.10. The van der Waals surface area contributed by atoms with Gasteiger partial charge in [0, 0.05) is 11.8 Å². The molecule has 0 unspecified atom stereocenters. The topological polar surface area (TPSA) is 92.9 Å². The number of aromatic carboxylic acids is 1. The summed E-state index contributed by atoms with van der Waals surface area (Å²) in [5, 5.41) is 22.5. The first-order valence-corrected chi connectivity index (χ1v) is 5.93. The van der Waals surface area contributed by atoms with Gasteiger partial charge in [-0.05, 0) is 6.92 Å². The SMILES string of the molecule is Cc1cn(CC(F)F)nc1Nc1nnc(C(=O)O)s1. The quantitative estimate of drug-likeness (QED) is 0.871. The summed E-state index contributed by atoms with van der Waals surface area (Å²) in [6.07, 6.45) is -1.03. The molecular weight excluding hydrogens is 280 g/mol. The van der Waals surface area contributed by atoms with Crippen LogP contribution in [-0.4, -0.2) is 37.5 Å². The largest absolute Gasteiger partial charge is 0.476 e. The maximum Gasteiger partial charge on any atom is 0.367 e. The molecule has 0 radical (unpaired) electrons. The van der Waals surface area contributed by atoms with Gasteiger partial charge in [-0.25, -0.2) is 13.6 Å². The van der Waals surface area contributed by atoms with E-state index in [9.17, 15) is 13.6 Å². The summed E-state index contributed by atoms with van der Waals surface area (Å²) in [5.41, 5.74) is 0.646. The first-order valence-electron chi connectivity index (χ1n) is 5.11. The van der Waals surface area contributed by atoms with E-state index in [1.165, 1.54) is 6.20 Å². The van der Waals surface area contributed by atoms with Crippen LogP contribution in [0.1, 0.15) is 15.4 Å². The number of rotatable bonds is 5. The van der Waals surface area contributed by atoms with Gasteiger partial charge in [-0.3, -0.25) is 4.68 Å². The van der Waals surface area contributed by atoms with Crippen molar-refractivity contribution in [1.29, 1.82) is 0 Å². The summed E-state index contributed by atoms with van der Waals surface area (Å²) < 4.78 is 25.5. The van der Waals surface area contributed by atoms with Crippen molar-refractivity contribution in [1.82, 2.24) is 20.0 Å². The molecule has 2 rings (SSSR count). The predicted molar refractivity (Wildman–Crippen MR) is 63.1 cm³/mol. The molecule has 102 valence electrons. The summed E-state index contributed by atoms with van der Waals surface area (Å²) in [4.78, 5) is 10.6. The minimum absolute atomic E-state index is 0.160. The number of carbonyl (C=O) groups is 1. The number of hydrogen-bond acceptors (Lipinski definition) is 6. The summed E-state index contributed by atoms with van der Waals surface area (Å²) in [6, 6.07) is 0. The van der Waals surface area contributed by atoms with Crippen molar-refractivity contribution < 1.29 is 18.7 Å². The summed E-state index contributed by atoms with van der Waals surface area (Å²) in [5.74, 6) is -0.834. The van der Waals surface area contributed by atoms with Gasteiger partial charge in [0.05, 0.1) is 0 Å². The maximum atomic E-state index is 12.2. The molecular formula is C9H9F2N5O2S. The van der Waals surface area contributed by atoms with Gasteiger partial charge in [-0.2, -0.15) is 5.10 Å². The van der Waals surface area contributed by atoms with E-state index in [2.05, 4.69) is 20.6 Å². The number of nitrogens with zero attached hydrogens (tertiary/aromatic N) is 4. The van der Waals surface area contributed by atoms with Crippen LogP contribution in [0.25, 0.3) is 0 Å². The average Bonchev–Trinajstić information content (AvgIpc) is 2.87. The van der Waals surface area contributed by atoms with Crippen LogP contribution < -0.4 is 5.32 Å². The summed E-state index contributed by atoms with van der Waals surface area (Å²) in [7, 11) is 0. The minimum Gasteiger partial charge on any atom is -0.476 e. The van der Waals surface area contributed by atoms with Gasteiger partial charge in [0.15, 0.2) is 5.82 Å². The van der Waals surface area contributed by atoms with Crippen LogP contribution in [0.3, 0.4) is 0 Å². The zero-order valence-electron chi connectivity index (χ0n) is 9.67. The van der Waals surface area contributed by atoms with Gasteiger partial charge in [0.25, 0.3) is 6.43 Å². The fraction of sp³-hybridized carbons (Fsp3) is 0.333. The maximum absolute atomic E-state index is 12.2. The molecule has 0 spiro atoms. The molecule has 0 aromatic carbocycles. The molecule has 19 heavy (non-hydrogen) atoms. The van der Waals surface area contributed by atoms with Crippen LogP contribution in [0.5, 0.6) is 0 Å². The molecule has 0 fully saturated rings. The van der Waals surface area contributed by atoms with E-state index in [1.54, 1.807) is 6.92 Å². The molecule has 2 aromatic heterocycles. The van der Waals surface area contributed by atoms with E-state index in [0.717, 1.165) is 16.0 Å². The lowest BCUT2D eigenvalue weighted by Crippen LogP contribution is -2.07. The van der Waals surface area contributed by atoms with E-state index in [1.807, 2.05) is 0 Å². The Balaban J connectivity index is 2.13. The van der Waals surface area contributed by atoms with Crippen molar-refractivity contribution in [2.75, 3.05) is 5.32 Å². The molecule has 0 saturated carbocycles. The fourth-order valence-corrected chi connectivity index (χ4v) is 1.92. The molecule has 0 amide bonds. The van der Waals surface area contributed by atoms with Crippen molar-refractivity contribution in [3.05, 3.63) is 16.8 Å². The fourth-order valence-electron chi connectivity index (χ4n) is 1.34. The van der Waals surface area contributed by atoms with Crippen LogP contribution in [-0.2, 0) is 6.54 Å². The standard InChI is InChI=1S/C9H9F2N5O2S/c1-4-2-16(3-5(10)11)15-6(4)12-9-14-13-7(19-9)8(17)18/h2,5H,3H2,1H3,(H,17,18)(H,12,14,15). The smallest absolute Gasteiger partial charge is 0.367 e. The van der Waals surface area contributed by atoms with Crippen molar-refractivity contribution >= 4 is 28.3 Å². The van der Waals surface area contributed by atoms with E-state index in [4.69, 9.17) is 5.11 Å². The highest BCUT2D eigenvalue weighted by Gasteiger charge is 2.14. The number of anilines is 2. The first kappa shape index (κ1) is 13.3. The summed E-state index contributed by atoms with van der Waals surface area (Å²) >= 11 is 0.837. The Labute approximate surface area is 109 Å². The molecule has 2 aromatic rings. The number of hydrogen-bond donors (Lipinski definition) is 2. The average molecular weight is 289 g/mol. The molecule has 0 atom stereocenters. The highest BCUT2D eigenvalue weighted by molar-refractivity contribution is 7.17. The molecule has 0 aliphatic heterocycles. The number of alkyl halides is 2. The Morgan fingerprint density at radius 3 is 2.89 bits per heavy atom. The third-order valence-corrected chi connectivity index (χ3v) is 2.93. The van der Waals surface area contributed by atoms with E-state index in [0.29, 0.717) is 11.4 Å². The van der Waals surface area contributed by atoms with Gasteiger partial charge < -0.3 is 10.4 Å². The molecule has 7 nitrogen and oxygen atoms in total. The minimum atomic E-state index is -2.49. The van der Waals surface area contributed by atoms with Gasteiger partial charge in [-0.1, -0.05) is 11.3 Å². The van der Waals surface area contributed by atoms with Gasteiger partial charge >= 0.3 is 5.97 Å². The van der Waals surface area contributed by atoms with E-state index >= 15 is 0 Å². The second-order valence-corrected chi connectivity index (χ2v) is 4.59. The lowest BCUT2D eigenvalue weighted by atomic mass is 10.4. The first-order chi connectivity index (χ1) is 8.95. The predicted octanol–water partition coefficient (Wildman–Crippen LogP) is 1.75. The normalized spacial score (nSPS) is 10.9. The number of aryl methyl sites for hydroxylation is 1. The molecule has 10 heteroatoms. The van der Waals surface area contributed by atoms with Crippen LogP contribution in [0.2, 0.25) is 0 Å². The second kappa shape index (κ2) is 5.26. The van der Waals surface area contributed by atoms with Gasteiger partial charge in [0.1, 0.15) is 6.54 Å². The Hall–Kier alpha value is -2.10. The molecule has 0 aliphatic rings. The third kappa shape index (κ3) is 3.22. The molecule has 0 saturated heterocycles. The number of nitrogens with one attached hydrogen (secondary N) is 1. The zero-order chi connectivity index (χ0) is 14.0. The van der Waals surface area contributed by atoms with Crippen LogP contribution in [0.4, 0.5) is 19.7 Å². The molecule has 0 bridgehead atoms. The highest BCUT2D eigenvalue weighted by Crippen LogP contribution is 2.22. The lowest BCUT2D eigenvalue weighted by molar-refractivity contribution is 0.0695. The van der Waals surface area contributed by atoms with Crippen molar-refractivity contribution in [3.63, 3.8) is 0 Å². The van der Waals surface area contributed by atoms with Gasteiger partial charge in [-0.15, -0.1) is 10.2 Å². The zero-order valence-corrected chi connectivity index (χ0v) is 10.5. The lowest BCUT2D eigenvalue weighted by Gasteiger charge is -1.99. The Morgan fingerprint density at radius 1 is 1.58 bits per heavy atom. The Morgan fingerprint density at radius 2 is 2.32 bits per heavy atom. The van der Waals surface area contributed by atoms with E-state index < -0.39 is 18.9 Å². The number of aromatic nitrogens is 4. The van der Waals surface area contributed by atoms with Crippen LogP contribution in [0, 0.1) is 6.92 Å². The Bertz CT molecular complexity index is 597.